The number of aryl methyl sites for hydroxylation is 1. The molecule has 1 aliphatic rings. The van der Waals surface area contributed by atoms with Crippen molar-refractivity contribution < 1.29 is 9.53 Å². The van der Waals surface area contributed by atoms with Crippen LogP contribution in [0.25, 0.3) is 0 Å². The first-order valence-electron chi connectivity index (χ1n) is 6.82. The highest BCUT2D eigenvalue weighted by molar-refractivity contribution is 7.10. The Balaban J connectivity index is 1.73. The average Bonchev–Trinajstić information content (AvgIpc) is 2.83. The van der Waals surface area contributed by atoms with E-state index in [4.69, 9.17) is 4.74 Å². The summed E-state index contributed by atoms with van der Waals surface area (Å²) in [7, 11) is 0. The van der Waals surface area contributed by atoms with E-state index in [9.17, 15) is 4.79 Å². The molecule has 19 heavy (non-hydrogen) atoms. The van der Waals surface area contributed by atoms with E-state index >= 15 is 0 Å². The molecule has 2 rings (SSSR count). The zero-order chi connectivity index (χ0) is 13.7. The molecule has 1 saturated heterocycles. The van der Waals surface area contributed by atoms with Crippen LogP contribution in [0.2, 0.25) is 0 Å². The van der Waals surface area contributed by atoms with E-state index in [2.05, 4.69) is 35.9 Å². The molecule has 0 unspecified atom stereocenters. The summed E-state index contributed by atoms with van der Waals surface area (Å²) in [6, 6.07) is 2.20. The van der Waals surface area contributed by atoms with Crippen molar-refractivity contribution in [2.75, 3.05) is 13.2 Å². The lowest BCUT2D eigenvalue weighted by molar-refractivity contribution is 0.0571. The Bertz CT molecular complexity index is 413. The highest BCUT2D eigenvalue weighted by atomic mass is 32.1. The van der Waals surface area contributed by atoms with Gasteiger partial charge in [-0.3, -0.25) is 0 Å². The molecule has 0 aliphatic carbocycles. The van der Waals surface area contributed by atoms with Gasteiger partial charge in [0, 0.05) is 24.1 Å². The zero-order valence-corrected chi connectivity index (χ0v) is 12.4. The van der Waals surface area contributed by atoms with E-state index in [0.717, 1.165) is 26.1 Å². The van der Waals surface area contributed by atoms with Crippen LogP contribution >= 0.6 is 11.3 Å². The van der Waals surface area contributed by atoms with Crippen molar-refractivity contribution in [1.82, 2.24) is 10.6 Å². The summed E-state index contributed by atoms with van der Waals surface area (Å²) in [5.41, 5.74) is 1.24. The van der Waals surface area contributed by atoms with Gasteiger partial charge in [0.05, 0.1) is 6.54 Å². The molecule has 1 aromatic rings. The van der Waals surface area contributed by atoms with Crippen molar-refractivity contribution in [2.24, 2.45) is 5.92 Å². The third-order valence-corrected chi connectivity index (χ3v) is 4.73. The number of ether oxygens (including phenoxy) is 1. The molecule has 1 atom stereocenters. The number of rotatable bonds is 4. The number of hydrogen-bond acceptors (Lipinski definition) is 3. The van der Waals surface area contributed by atoms with Crippen LogP contribution < -0.4 is 10.6 Å². The smallest absolute Gasteiger partial charge is 0.315 e. The quantitative estimate of drug-likeness (QED) is 0.892. The first-order chi connectivity index (χ1) is 9.16. The fraction of sp³-hybridized carbons (Fsp3) is 0.643. The largest absolute Gasteiger partial charge is 0.381 e. The van der Waals surface area contributed by atoms with Gasteiger partial charge in [0.2, 0.25) is 0 Å². The first-order valence-corrected chi connectivity index (χ1v) is 7.70. The van der Waals surface area contributed by atoms with Gasteiger partial charge in [-0.2, -0.15) is 0 Å². The number of hydrogen-bond donors (Lipinski definition) is 2. The SMILES string of the molecule is Cc1ccsc1CNC(=O)N[C@H](C)C1CCOCC1. The van der Waals surface area contributed by atoms with Gasteiger partial charge in [0.25, 0.3) is 0 Å². The molecular formula is C14H22N2O2S. The summed E-state index contributed by atoms with van der Waals surface area (Å²) < 4.78 is 5.34. The number of carbonyl (C=O) groups excluding carboxylic acids is 1. The van der Waals surface area contributed by atoms with E-state index in [1.165, 1.54) is 10.4 Å². The maximum atomic E-state index is 11.9. The molecule has 2 amide bonds. The molecular weight excluding hydrogens is 260 g/mol. The molecule has 106 valence electrons. The Morgan fingerprint density at radius 2 is 2.26 bits per heavy atom. The Hall–Kier alpha value is -1.07. The van der Waals surface area contributed by atoms with Crippen LogP contribution in [-0.4, -0.2) is 25.3 Å². The normalized spacial score (nSPS) is 18.0. The Labute approximate surface area is 118 Å². The monoisotopic (exact) mass is 282 g/mol. The summed E-state index contributed by atoms with van der Waals surface area (Å²) in [5.74, 6) is 0.531. The van der Waals surface area contributed by atoms with Gasteiger partial charge >= 0.3 is 6.03 Å². The van der Waals surface area contributed by atoms with Gasteiger partial charge < -0.3 is 15.4 Å². The Morgan fingerprint density at radius 3 is 2.89 bits per heavy atom. The standard InChI is InChI=1S/C14H22N2O2S/c1-10-5-8-19-13(10)9-15-14(17)16-11(2)12-3-6-18-7-4-12/h5,8,11-12H,3-4,6-7,9H2,1-2H3,(H2,15,16,17)/t11-/m1/s1. The summed E-state index contributed by atoms with van der Waals surface area (Å²) in [6.45, 7) is 6.37. The maximum absolute atomic E-state index is 11.9. The summed E-state index contributed by atoms with van der Waals surface area (Å²) >= 11 is 1.68. The van der Waals surface area contributed by atoms with Gasteiger partial charge in [-0.15, -0.1) is 11.3 Å². The van der Waals surface area contributed by atoms with Crippen molar-refractivity contribution in [2.45, 2.75) is 39.3 Å². The highest BCUT2D eigenvalue weighted by Gasteiger charge is 2.21. The van der Waals surface area contributed by atoms with Crippen LogP contribution in [0.4, 0.5) is 4.79 Å². The highest BCUT2D eigenvalue weighted by Crippen LogP contribution is 2.18. The maximum Gasteiger partial charge on any atom is 0.315 e. The second kappa shape index (κ2) is 6.91. The molecule has 0 saturated carbocycles. The molecule has 4 nitrogen and oxygen atoms in total. The summed E-state index contributed by atoms with van der Waals surface area (Å²) in [6.07, 6.45) is 2.07. The van der Waals surface area contributed by atoms with Crippen LogP contribution in [0.5, 0.6) is 0 Å². The molecule has 1 aromatic heterocycles. The van der Waals surface area contributed by atoms with E-state index < -0.39 is 0 Å². The van der Waals surface area contributed by atoms with Crippen LogP contribution in [0.3, 0.4) is 0 Å². The third-order valence-electron chi connectivity index (χ3n) is 3.71. The van der Waals surface area contributed by atoms with Gasteiger partial charge in [-0.05, 0) is 49.6 Å². The second-order valence-corrected chi connectivity index (χ2v) is 6.09. The Kier molecular flexibility index (Phi) is 5.22. The minimum Gasteiger partial charge on any atom is -0.381 e. The van der Waals surface area contributed by atoms with E-state index in [1.807, 2.05) is 0 Å². The van der Waals surface area contributed by atoms with Crippen molar-refractivity contribution >= 4 is 17.4 Å². The van der Waals surface area contributed by atoms with E-state index in [0.29, 0.717) is 12.5 Å². The van der Waals surface area contributed by atoms with Gasteiger partial charge in [0.1, 0.15) is 0 Å². The molecule has 2 heterocycles. The van der Waals surface area contributed by atoms with E-state index in [-0.39, 0.29) is 12.1 Å². The minimum atomic E-state index is -0.0770. The predicted molar refractivity (Wildman–Crippen MR) is 77.4 cm³/mol. The van der Waals surface area contributed by atoms with Crippen LogP contribution in [0.1, 0.15) is 30.2 Å². The predicted octanol–water partition coefficient (Wildman–Crippen LogP) is 2.67. The molecule has 1 aliphatic heterocycles. The van der Waals surface area contributed by atoms with Crippen molar-refractivity contribution in [3.05, 3.63) is 21.9 Å². The molecule has 0 aromatic carbocycles. The molecule has 5 heteroatoms. The third kappa shape index (κ3) is 4.21. The first kappa shape index (κ1) is 14.3. The minimum absolute atomic E-state index is 0.0770. The van der Waals surface area contributed by atoms with Gasteiger partial charge in [-0.25, -0.2) is 4.79 Å². The fourth-order valence-electron chi connectivity index (χ4n) is 2.34. The number of urea groups is 1. The lowest BCUT2D eigenvalue weighted by Crippen LogP contribution is -2.45. The molecule has 0 bridgehead atoms. The molecule has 2 N–H and O–H groups in total. The number of carbonyl (C=O) groups is 1. The lowest BCUT2D eigenvalue weighted by atomic mass is 9.93. The number of nitrogens with one attached hydrogen (secondary N) is 2. The number of amides is 2. The summed E-state index contributed by atoms with van der Waals surface area (Å²) in [5, 5.41) is 8.01. The van der Waals surface area contributed by atoms with Crippen LogP contribution in [0, 0.1) is 12.8 Å². The van der Waals surface area contributed by atoms with Crippen molar-refractivity contribution in [3.63, 3.8) is 0 Å². The average molecular weight is 282 g/mol. The van der Waals surface area contributed by atoms with Crippen LogP contribution in [0.15, 0.2) is 11.4 Å². The van der Waals surface area contributed by atoms with Crippen LogP contribution in [-0.2, 0) is 11.3 Å². The van der Waals surface area contributed by atoms with Gasteiger partial charge in [0.15, 0.2) is 0 Å². The molecule has 0 spiro atoms. The fourth-order valence-corrected chi connectivity index (χ4v) is 3.18. The van der Waals surface area contributed by atoms with Crippen molar-refractivity contribution in [3.8, 4) is 0 Å². The zero-order valence-electron chi connectivity index (χ0n) is 11.6. The second-order valence-electron chi connectivity index (χ2n) is 5.09. The molecule has 1 fully saturated rings. The lowest BCUT2D eigenvalue weighted by Gasteiger charge is -2.28. The Morgan fingerprint density at radius 1 is 1.53 bits per heavy atom. The number of thiophene rings is 1. The van der Waals surface area contributed by atoms with Crippen molar-refractivity contribution in [1.29, 1.82) is 0 Å². The van der Waals surface area contributed by atoms with Gasteiger partial charge in [-0.1, -0.05) is 0 Å². The van der Waals surface area contributed by atoms with E-state index in [1.54, 1.807) is 11.3 Å². The molecule has 0 radical (unpaired) electrons. The summed E-state index contributed by atoms with van der Waals surface area (Å²) in [4.78, 5) is 13.1. The topological polar surface area (TPSA) is 50.4 Å².